The van der Waals surface area contributed by atoms with Crippen molar-refractivity contribution in [2.24, 2.45) is 0 Å². The normalized spacial score (nSPS) is 20.8. The Morgan fingerprint density at radius 3 is 2.90 bits per heavy atom. The molecule has 20 heavy (non-hydrogen) atoms. The summed E-state index contributed by atoms with van der Waals surface area (Å²) in [4.78, 5) is 5.23. The molecule has 0 aromatic carbocycles. The molecular formula is C12H13N3O3S2. The molecule has 0 radical (unpaired) electrons. The number of anilines is 1. The summed E-state index contributed by atoms with van der Waals surface area (Å²) < 4.78 is 28.7. The topological polar surface area (TPSA) is 99.1 Å². The van der Waals surface area contributed by atoms with E-state index in [2.05, 4.69) is 10.1 Å². The SMILES string of the molecule is Nc1sc2c(c1-c1nc(C3CC3)no1)CCS(=O)(=O)C2. The van der Waals surface area contributed by atoms with Gasteiger partial charge in [-0.25, -0.2) is 8.42 Å². The summed E-state index contributed by atoms with van der Waals surface area (Å²) in [6, 6.07) is 0. The van der Waals surface area contributed by atoms with Gasteiger partial charge in [-0.2, -0.15) is 4.98 Å². The Hall–Kier alpha value is -1.41. The molecule has 2 aliphatic rings. The van der Waals surface area contributed by atoms with Crippen LogP contribution in [0.4, 0.5) is 5.00 Å². The van der Waals surface area contributed by atoms with Crippen LogP contribution in [0.15, 0.2) is 4.52 Å². The lowest BCUT2D eigenvalue weighted by Gasteiger charge is -2.12. The van der Waals surface area contributed by atoms with Gasteiger partial charge in [0.15, 0.2) is 15.7 Å². The van der Waals surface area contributed by atoms with Crippen molar-refractivity contribution in [2.45, 2.75) is 30.9 Å². The van der Waals surface area contributed by atoms with E-state index >= 15 is 0 Å². The molecule has 4 rings (SSSR count). The maximum atomic E-state index is 11.7. The molecule has 2 aromatic rings. The van der Waals surface area contributed by atoms with Crippen molar-refractivity contribution >= 4 is 26.2 Å². The Balaban J connectivity index is 1.80. The van der Waals surface area contributed by atoms with Crippen molar-refractivity contribution in [3.63, 3.8) is 0 Å². The van der Waals surface area contributed by atoms with Crippen molar-refractivity contribution in [3.8, 4) is 11.5 Å². The summed E-state index contributed by atoms with van der Waals surface area (Å²) in [5.41, 5.74) is 7.75. The molecule has 1 aliphatic carbocycles. The largest absolute Gasteiger partial charge is 0.390 e. The smallest absolute Gasteiger partial charge is 0.261 e. The standard InChI is InChI=1S/C12H13N3O3S2/c13-10-9(12-14-11(15-18-12)6-1-2-6)7-3-4-20(16,17)5-8(7)19-10/h6H,1-5,13H2. The highest BCUT2D eigenvalue weighted by Crippen LogP contribution is 2.43. The Bertz CT molecular complexity index is 787. The van der Waals surface area contributed by atoms with Crippen LogP contribution in [0.3, 0.4) is 0 Å². The van der Waals surface area contributed by atoms with Gasteiger partial charge in [0.05, 0.1) is 22.1 Å². The summed E-state index contributed by atoms with van der Waals surface area (Å²) in [7, 11) is -2.99. The Labute approximate surface area is 119 Å². The van der Waals surface area contributed by atoms with Crippen LogP contribution in [0, 0.1) is 0 Å². The zero-order chi connectivity index (χ0) is 13.9. The molecule has 1 saturated carbocycles. The summed E-state index contributed by atoms with van der Waals surface area (Å²) >= 11 is 1.32. The van der Waals surface area contributed by atoms with E-state index in [1.54, 1.807) is 0 Å². The first-order valence-corrected chi connectivity index (χ1v) is 9.12. The lowest BCUT2D eigenvalue weighted by atomic mass is 10.1. The average molecular weight is 311 g/mol. The van der Waals surface area contributed by atoms with Crippen LogP contribution in [0.25, 0.3) is 11.5 Å². The van der Waals surface area contributed by atoms with Crippen molar-refractivity contribution in [2.75, 3.05) is 11.5 Å². The number of thiophene rings is 1. The number of fused-ring (bicyclic) bond motifs is 1. The predicted octanol–water partition coefficient (Wildman–Crippen LogP) is 1.73. The zero-order valence-electron chi connectivity index (χ0n) is 10.6. The third-order valence-corrected chi connectivity index (χ3v) is 6.53. The minimum atomic E-state index is -2.99. The lowest BCUT2D eigenvalue weighted by Crippen LogP contribution is -2.17. The highest BCUT2D eigenvalue weighted by Gasteiger charge is 2.32. The van der Waals surface area contributed by atoms with E-state index in [0.717, 1.165) is 34.7 Å². The second-order valence-electron chi connectivity index (χ2n) is 5.32. The quantitative estimate of drug-likeness (QED) is 0.906. The van der Waals surface area contributed by atoms with E-state index in [1.807, 2.05) is 0 Å². The van der Waals surface area contributed by atoms with Crippen LogP contribution in [0.5, 0.6) is 0 Å². The first-order chi connectivity index (χ1) is 9.53. The van der Waals surface area contributed by atoms with Crippen LogP contribution in [-0.4, -0.2) is 24.3 Å². The molecule has 0 atom stereocenters. The van der Waals surface area contributed by atoms with Gasteiger partial charge in [-0.1, -0.05) is 5.16 Å². The molecule has 3 heterocycles. The number of nitrogens with two attached hydrogens (primary N) is 1. The van der Waals surface area contributed by atoms with Gasteiger partial charge in [0.25, 0.3) is 5.89 Å². The van der Waals surface area contributed by atoms with Crippen molar-refractivity contribution in [1.29, 1.82) is 0 Å². The van der Waals surface area contributed by atoms with Crippen LogP contribution in [0.1, 0.15) is 35.0 Å². The van der Waals surface area contributed by atoms with E-state index in [4.69, 9.17) is 10.3 Å². The molecule has 0 spiro atoms. The molecule has 106 valence electrons. The van der Waals surface area contributed by atoms with Crippen molar-refractivity contribution in [1.82, 2.24) is 10.1 Å². The van der Waals surface area contributed by atoms with Crippen molar-refractivity contribution in [3.05, 3.63) is 16.3 Å². The third kappa shape index (κ3) is 1.94. The molecule has 0 unspecified atom stereocenters. The molecule has 0 amide bonds. The molecule has 2 aromatic heterocycles. The number of hydrogen-bond donors (Lipinski definition) is 1. The number of nitrogen functional groups attached to an aromatic ring is 1. The fourth-order valence-electron chi connectivity index (χ4n) is 2.52. The van der Waals surface area contributed by atoms with Crippen LogP contribution < -0.4 is 5.73 Å². The maximum Gasteiger partial charge on any atom is 0.261 e. The van der Waals surface area contributed by atoms with E-state index in [9.17, 15) is 8.42 Å². The van der Waals surface area contributed by atoms with Crippen LogP contribution in [-0.2, 0) is 22.0 Å². The third-order valence-electron chi connectivity index (χ3n) is 3.73. The predicted molar refractivity (Wildman–Crippen MR) is 75.2 cm³/mol. The summed E-state index contributed by atoms with van der Waals surface area (Å²) in [6.45, 7) is 0. The van der Waals surface area contributed by atoms with Crippen molar-refractivity contribution < 1.29 is 12.9 Å². The van der Waals surface area contributed by atoms with Crippen LogP contribution >= 0.6 is 11.3 Å². The summed E-state index contributed by atoms with van der Waals surface area (Å²) in [5.74, 6) is 1.82. The Morgan fingerprint density at radius 1 is 1.35 bits per heavy atom. The molecule has 2 N–H and O–H groups in total. The summed E-state index contributed by atoms with van der Waals surface area (Å²) in [5, 5.41) is 4.57. The second kappa shape index (κ2) is 4.05. The average Bonchev–Trinajstić information content (AvgIpc) is 3.02. The first-order valence-electron chi connectivity index (χ1n) is 6.48. The van der Waals surface area contributed by atoms with E-state index in [-0.39, 0.29) is 11.5 Å². The Kier molecular flexibility index (Phi) is 2.50. The van der Waals surface area contributed by atoms with Gasteiger partial charge in [-0.3, -0.25) is 0 Å². The lowest BCUT2D eigenvalue weighted by molar-refractivity contribution is 0.422. The van der Waals surface area contributed by atoms with Gasteiger partial charge in [-0.05, 0) is 24.8 Å². The Morgan fingerprint density at radius 2 is 2.15 bits per heavy atom. The summed E-state index contributed by atoms with van der Waals surface area (Å²) in [6.07, 6.45) is 2.69. The molecule has 0 bridgehead atoms. The first kappa shape index (κ1) is 12.3. The highest BCUT2D eigenvalue weighted by molar-refractivity contribution is 7.90. The molecular weight excluding hydrogens is 298 g/mol. The molecule has 1 fully saturated rings. The van der Waals surface area contributed by atoms with Gasteiger partial charge in [0, 0.05) is 10.8 Å². The van der Waals surface area contributed by atoms with Gasteiger partial charge in [-0.15, -0.1) is 11.3 Å². The van der Waals surface area contributed by atoms with Gasteiger partial charge in [0.1, 0.15) is 0 Å². The van der Waals surface area contributed by atoms with Gasteiger partial charge in [0.2, 0.25) is 0 Å². The van der Waals surface area contributed by atoms with Gasteiger partial charge >= 0.3 is 0 Å². The fraction of sp³-hybridized carbons (Fsp3) is 0.500. The van der Waals surface area contributed by atoms with E-state index in [0.29, 0.717) is 23.2 Å². The number of hydrogen-bond acceptors (Lipinski definition) is 7. The van der Waals surface area contributed by atoms with Crippen LogP contribution in [0.2, 0.25) is 0 Å². The number of rotatable bonds is 2. The number of aromatic nitrogens is 2. The number of sulfone groups is 1. The fourth-order valence-corrected chi connectivity index (χ4v) is 5.44. The van der Waals surface area contributed by atoms with E-state index in [1.165, 1.54) is 11.3 Å². The molecule has 0 saturated heterocycles. The minimum absolute atomic E-state index is 0.0703. The zero-order valence-corrected chi connectivity index (χ0v) is 12.3. The molecule has 8 heteroatoms. The molecule has 6 nitrogen and oxygen atoms in total. The molecule has 1 aliphatic heterocycles. The number of nitrogens with zero attached hydrogens (tertiary/aromatic N) is 2. The maximum absolute atomic E-state index is 11.7. The minimum Gasteiger partial charge on any atom is -0.390 e. The monoisotopic (exact) mass is 311 g/mol. The second-order valence-corrected chi connectivity index (χ2v) is 8.64. The van der Waals surface area contributed by atoms with E-state index < -0.39 is 9.84 Å². The van der Waals surface area contributed by atoms with Gasteiger partial charge < -0.3 is 10.3 Å². The highest BCUT2D eigenvalue weighted by atomic mass is 32.2.